The number of nitrogens with zero attached hydrogens (tertiary/aromatic N) is 2. The van der Waals surface area contributed by atoms with Gasteiger partial charge in [0.2, 0.25) is 5.79 Å². The molecule has 12 heavy (non-hydrogen) atoms. The van der Waals surface area contributed by atoms with E-state index in [1.807, 2.05) is 13.8 Å². The molecular weight excluding hydrogens is 155 g/mol. The summed E-state index contributed by atoms with van der Waals surface area (Å²) in [5.41, 5.74) is 0.887. The zero-order chi connectivity index (χ0) is 9.19. The highest BCUT2D eigenvalue weighted by Gasteiger charge is 2.20. The molecule has 0 aromatic heterocycles. The van der Waals surface area contributed by atoms with Gasteiger partial charge in [-0.15, -0.1) is 0 Å². The molecule has 0 spiro atoms. The summed E-state index contributed by atoms with van der Waals surface area (Å²) in [6, 6.07) is 0. The van der Waals surface area contributed by atoms with Gasteiger partial charge in [-0.05, 0) is 24.5 Å². The van der Waals surface area contributed by atoms with Crippen molar-refractivity contribution < 1.29 is 4.39 Å². The lowest BCUT2D eigenvalue weighted by atomic mass is 10.0. The molecule has 1 unspecified atom stereocenters. The molecule has 0 radical (unpaired) electrons. The van der Waals surface area contributed by atoms with Gasteiger partial charge in [0.25, 0.3) is 0 Å². The standard InChI is InChI=1S/C9H13FN2/c1-7(2)8-4-9(3,10)12-6-11-5-8/h4-7H,1-3H3. The van der Waals surface area contributed by atoms with Crippen molar-refractivity contribution >= 4 is 12.6 Å². The van der Waals surface area contributed by atoms with Gasteiger partial charge in [0.1, 0.15) is 6.34 Å². The Kier molecular flexibility index (Phi) is 2.40. The van der Waals surface area contributed by atoms with Gasteiger partial charge in [0.15, 0.2) is 0 Å². The van der Waals surface area contributed by atoms with Gasteiger partial charge < -0.3 is 0 Å². The third kappa shape index (κ3) is 2.26. The zero-order valence-corrected chi connectivity index (χ0v) is 7.58. The van der Waals surface area contributed by atoms with Crippen molar-refractivity contribution in [3.8, 4) is 0 Å². The third-order valence-corrected chi connectivity index (χ3v) is 1.70. The van der Waals surface area contributed by atoms with Crippen LogP contribution in [0.3, 0.4) is 0 Å². The molecule has 0 bridgehead atoms. The van der Waals surface area contributed by atoms with Crippen LogP contribution in [-0.4, -0.2) is 18.3 Å². The van der Waals surface area contributed by atoms with Gasteiger partial charge in [-0.1, -0.05) is 13.8 Å². The van der Waals surface area contributed by atoms with Crippen molar-refractivity contribution in [2.24, 2.45) is 15.9 Å². The van der Waals surface area contributed by atoms with Gasteiger partial charge in [-0.3, -0.25) is 0 Å². The van der Waals surface area contributed by atoms with E-state index < -0.39 is 5.79 Å². The van der Waals surface area contributed by atoms with Crippen molar-refractivity contribution in [1.82, 2.24) is 0 Å². The molecule has 3 heteroatoms. The number of rotatable bonds is 1. The molecule has 0 aromatic carbocycles. The second kappa shape index (κ2) is 3.17. The Balaban J connectivity index is 2.95. The molecule has 0 saturated heterocycles. The Bertz CT molecular complexity index is 249. The quantitative estimate of drug-likeness (QED) is 0.537. The summed E-state index contributed by atoms with van der Waals surface area (Å²) in [7, 11) is 0. The molecule has 0 saturated carbocycles. The Morgan fingerprint density at radius 2 is 2.17 bits per heavy atom. The van der Waals surface area contributed by atoms with Crippen LogP contribution in [-0.2, 0) is 0 Å². The first-order valence-corrected chi connectivity index (χ1v) is 4.00. The second-order valence-electron chi connectivity index (χ2n) is 3.35. The summed E-state index contributed by atoms with van der Waals surface area (Å²) in [6.07, 6.45) is 4.41. The van der Waals surface area contributed by atoms with Crippen molar-refractivity contribution in [2.45, 2.75) is 26.6 Å². The molecule has 0 fully saturated rings. The van der Waals surface area contributed by atoms with Crippen LogP contribution in [0.1, 0.15) is 20.8 Å². The first kappa shape index (κ1) is 9.10. The summed E-state index contributed by atoms with van der Waals surface area (Å²) in [6.45, 7) is 5.42. The number of halogens is 1. The molecule has 0 N–H and O–H groups in total. The second-order valence-corrected chi connectivity index (χ2v) is 3.35. The summed E-state index contributed by atoms with van der Waals surface area (Å²) >= 11 is 0. The van der Waals surface area contributed by atoms with Crippen LogP contribution in [0.25, 0.3) is 0 Å². The maximum absolute atomic E-state index is 13.4. The van der Waals surface area contributed by atoms with E-state index in [2.05, 4.69) is 9.98 Å². The van der Waals surface area contributed by atoms with Crippen LogP contribution < -0.4 is 0 Å². The maximum atomic E-state index is 13.4. The van der Waals surface area contributed by atoms with Gasteiger partial charge in [0, 0.05) is 6.21 Å². The fourth-order valence-electron chi connectivity index (χ4n) is 0.960. The van der Waals surface area contributed by atoms with Gasteiger partial charge in [-0.25, -0.2) is 14.4 Å². The predicted molar refractivity (Wildman–Crippen MR) is 49.4 cm³/mol. The fourth-order valence-corrected chi connectivity index (χ4v) is 0.960. The highest BCUT2D eigenvalue weighted by Crippen LogP contribution is 2.20. The molecule has 0 aliphatic carbocycles. The summed E-state index contributed by atoms with van der Waals surface area (Å²) in [5, 5.41) is 0. The van der Waals surface area contributed by atoms with E-state index in [0.717, 1.165) is 5.57 Å². The molecule has 1 aliphatic heterocycles. The smallest absolute Gasteiger partial charge is 0.218 e. The number of aliphatic imine (C=N–C) groups is 2. The highest BCUT2D eigenvalue weighted by atomic mass is 19.1. The third-order valence-electron chi connectivity index (χ3n) is 1.70. The van der Waals surface area contributed by atoms with E-state index in [0.29, 0.717) is 0 Å². The van der Waals surface area contributed by atoms with E-state index in [9.17, 15) is 4.39 Å². The maximum Gasteiger partial charge on any atom is 0.218 e. The number of hydrogen-bond donors (Lipinski definition) is 0. The van der Waals surface area contributed by atoms with Crippen LogP contribution in [0.4, 0.5) is 4.39 Å². The van der Waals surface area contributed by atoms with Crippen molar-refractivity contribution in [2.75, 3.05) is 0 Å². The molecule has 0 aromatic rings. The Labute approximate surface area is 71.9 Å². The average molecular weight is 168 g/mol. The Hall–Kier alpha value is -0.990. The lowest BCUT2D eigenvalue weighted by Crippen LogP contribution is -2.11. The first-order valence-electron chi connectivity index (χ1n) is 4.00. The van der Waals surface area contributed by atoms with E-state index in [1.165, 1.54) is 19.3 Å². The minimum atomic E-state index is -1.60. The lowest BCUT2D eigenvalue weighted by Gasteiger charge is -2.11. The average Bonchev–Trinajstić information content (AvgIpc) is 2.10. The molecule has 1 rings (SSSR count). The monoisotopic (exact) mass is 168 g/mol. The van der Waals surface area contributed by atoms with E-state index >= 15 is 0 Å². The molecule has 1 heterocycles. The topological polar surface area (TPSA) is 24.7 Å². The molecule has 66 valence electrons. The zero-order valence-electron chi connectivity index (χ0n) is 7.58. The molecule has 1 aliphatic rings. The highest BCUT2D eigenvalue weighted by molar-refractivity contribution is 5.86. The van der Waals surface area contributed by atoms with Crippen LogP contribution >= 0.6 is 0 Å². The number of hydrogen-bond acceptors (Lipinski definition) is 2. The largest absolute Gasteiger partial charge is 0.245 e. The molecule has 1 atom stereocenters. The Morgan fingerprint density at radius 3 is 2.75 bits per heavy atom. The van der Waals surface area contributed by atoms with Crippen LogP contribution in [0.2, 0.25) is 0 Å². The summed E-state index contributed by atoms with van der Waals surface area (Å²) < 4.78 is 13.4. The summed E-state index contributed by atoms with van der Waals surface area (Å²) in [5.74, 6) is -1.32. The van der Waals surface area contributed by atoms with Gasteiger partial charge >= 0.3 is 0 Å². The van der Waals surface area contributed by atoms with E-state index in [1.54, 1.807) is 6.21 Å². The van der Waals surface area contributed by atoms with E-state index in [4.69, 9.17) is 0 Å². The van der Waals surface area contributed by atoms with Gasteiger partial charge in [0.05, 0.1) is 0 Å². The van der Waals surface area contributed by atoms with Crippen LogP contribution in [0.15, 0.2) is 21.6 Å². The van der Waals surface area contributed by atoms with Crippen LogP contribution in [0, 0.1) is 5.92 Å². The summed E-state index contributed by atoms with van der Waals surface area (Å²) in [4.78, 5) is 7.47. The molecular formula is C9H13FN2. The number of alkyl halides is 1. The fraction of sp³-hybridized carbons (Fsp3) is 0.556. The SMILES string of the molecule is CC(C)C1=CC(C)(F)N=CN=C1. The molecule has 2 nitrogen and oxygen atoms in total. The van der Waals surface area contributed by atoms with Crippen molar-refractivity contribution in [1.29, 1.82) is 0 Å². The normalized spacial score (nSPS) is 28.9. The number of allylic oxidation sites excluding steroid dienone is 1. The minimum absolute atomic E-state index is 0.283. The van der Waals surface area contributed by atoms with E-state index in [-0.39, 0.29) is 5.92 Å². The predicted octanol–water partition coefficient (Wildman–Crippen LogP) is 2.37. The van der Waals surface area contributed by atoms with Crippen molar-refractivity contribution in [3.63, 3.8) is 0 Å². The lowest BCUT2D eigenvalue weighted by molar-refractivity contribution is 0.271. The first-order chi connectivity index (χ1) is 5.51. The molecule has 0 amide bonds. The Morgan fingerprint density at radius 1 is 1.50 bits per heavy atom. The van der Waals surface area contributed by atoms with Gasteiger partial charge in [-0.2, -0.15) is 0 Å². The minimum Gasteiger partial charge on any atom is -0.245 e. The van der Waals surface area contributed by atoms with Crippen molar-refractivity contribution in [3.05, 3.63) is 11.6 Å². The van der Waals surface area contributed by atoms with Crippen LogP contribution in [0.5, 0.6) is 0 Å².